The van der Waals surface area contributed by atoms with Crippen molar-refractivity contribution in [1.82, 2.24) is 29.8 Å². The van der Waals surface area contributed by atoms with Gasteiger partial charge in [0, 0.05) is 23.5 Å². The van der Waals surface area contributed by atoms with Crippen LogP contribution in [0.3, 0.4) is 0 Å². The number of hydrogen-bond acceptors (Lipinski definition) is 4. The molecule has 0 aliphatic rings. The van der Waals surface area contributed by atoms with Gasteiger partial charge in [0.15, 0.2) is 5.82 Å². The maximum Gasteiger partial charge on any atom is 0.328 e. The fraction of sp³-hybridized carbons (Fsp3) is 0.385. The van der Waals surface area contributed by atoms with E-state index in [1.165, 1.54) is 0 Å². The van der Waals surface area contributed by atoms with Crippen molar-refractivity contribution in [3.05, 3.63) is 76.0 Å². The molecule has 1 N–H and O–H groups in total. The Hall–Kier alpha value is -3.48. The second-order valence-corrected chi connectivity index (χ2v) is 8.50. The summed E-state index contributed by atoms with van der Waals surface area (Å²) >= 11 is 0. The minimum Gasteiger partial charge on any atom is -0.296 e. The third-order valence-electron chi connectivity index (χ3n) is 6.22. The Morgan fingerprint density at radius 1 is 0.909 bits per heavy atom. The van der Waals surface area contributed by atoms with Crippen LogP contribution in [0.5, 0.6) is 0 Å². The lowest BCUT2D eigenvalue weighted by Gasteiger charge is -2.10. The van der Waals surface area contributed by atoms with Gasteiger partial charge in [0.25, 0.3) is 0 Å². The minimum atomic E-state index is 0.110. The van der Waals surface area contributed by atoms with E-state index >= 15 is 0 Å². The van der Waals surface area contributed by atoms with Crippen LogP contribution >= 0.6 is 0 Å². The summed E-state index contributed by atoms with van der Waals surface area (Å²) in [4.78, 5) is 13.3. The van der Waals surface area contributed by atoms with Crippen LogP contribution in [0.15, 0.2) is 53.3 Å². The first kappa shape index (κ1) is 22.7. The van der Waals surface area contributed by atoms with E-state index < -0.39 is 0 Å². The Balaban J connectivity index is 1.62. The Morgan fingerprint density at radius 2 is 1.67 bits per heavy atom. The number of benzene rings is 2. The van der Waals surface area contributed by atoms with Crippen LogP contribution in [0.1, 0.15) is 56.5 Å². The fourth-order valence-corrected chi connectivity index (χ4v) is 4.44. The number of nitrogens with zero attached hydrogens (tertiary/aromatic N) is 5. The topological polar surface area (TPSA) is 81.4 Å². The van der Waals surface area contributed by atoms with Crippen molar-refractivity contribution in [1.29, 1.82) is 0 Å². The number of aromatic amines is 1. The third kappa shape index (κ3) is 4.82. The van der Waals surface area contributed by atoms with Crippen molar-refractivity contribution in [2.24, 2.45) is 0 Å². The molecule has 0 spiro atoms. The number of tetrazole rings is 1. The first-order valence-corrected chi connectivity index (χ1v) is 11.8. The molecule has 0 aliphatic heterocycles. The van der Waals surface area contributed by atoms with E-state index in [-0.39, 0.29) is 5.69 Å². The van der Waals surface area contributed by atoms with E-state index in [0.29, 0.717) is 12.4 Å². The number of hydrogen-bond donors (Lipinski definition) is 1. The van der Waals surface area contributed by atoms with Crippen LogP contribution in [0.2, 0.25) is 0 Å². The lowest BCUT2D eigenvalue weighted by molar-refractivity contribution is 0.566. The molecule has 33 heavy (non-hydrogen) atoms. The number of nitrogens with one attached hydrogen (secondary N) is 1. The Kier molecular flexibility index (Phi) is 7.17. The zero-order valence-electron chi connectivity index (χ0n) is 19.7. The van der Waals surface area contributed by atoms with Crippen molar-refractivity contribution >= 4 is 0 Å². The maximum absolute atomic E-state index is 13.3. The van der Waals surface area contributed by atoms with Gasteiger partial charge in [0.1, 0.15) is 0 Å². The van der Waals surface area contributed by atoms with Gasteiger partial charge in [0.2, 0.25) is 0 Å². The van der Waals surface area contributed by atoms with E-state index in [9.17, 15) is 4.79 Å². The molecule has 0 atom stereocenters. The summed E-state index contributed by atoms with van der Waals surface area (Å²) in [5, 5.41) is 14.3. The summed E-state index contributed by atoms with van der Waals surface area (Å²) in [6.45, 7) is 7.83. The predicted molar refractivity (Wildman–Crippen MR) is 131 cm³/mol. The Morgan fingerprint density at radius 3 is 2.33 bits per heavy atom. The standard InChI is InChI=1S/C26H32N6O/c1-4-6-9-17-31-19(3)24(10-5-2)32(26(31)33)18-20-13-15-21(16-14-20)22-11-7-8-12-23(22)25-27-29-30-28-25/h7-8,11-16H,4-6,9-10,17-18H2,1-3H3,(H,27,28,29,30). The molecule has 0 unspecified atom stereocenters. The smallest absolute Gasteiger partial charge is 0.296 e. The predicted octanol–water partition coefficient (Wildman–Crippen LogP) is 5.00. The first-order valence-electron chi connectivity index (χ1n) is 11.8. The average Bonchev–Trinajstić information content (AvgIpc) is 3.45. The molecule has 7 nitrogen and oxygen atoms in total. The van der Waals surface area contributed by atoms with Gasteiger partial charge in [0.05, 0.1) is 6.54 Å². The molecule has 172 valence electrons. The molecule has 4 aromatic rings. The van der Waals surface area contributed by atoms with Gasteiger partial charge in [-0.25, -0.2) is 9.89 Å². The first-order chi connectivity index (χ1) is 16.1. The number of rotatable bonds is 10. The van der Waals surface area contributed by atoms with Gasteiger partial charge in [-0.2, -0.15) is 0 Å². The van der Waals surface area contributed by atoms with Crippen molar-refractivity contribution in [3.63, 3.8) is 0 Å². The van der Waals surface area contributed by atoms with Gasteiger partial charge in [-0.05, 0) is 46.9 Å². The zero-order valence-corrected chi connectivity index (χ0v) is 19.7. The lowest BCUT2D eigenvalue weighted by Crippen LogP contribution is -2.26. The number of imidazole rings is 1. The molecule has 7 heteroatoms. The van der Waals surface area contributed by atoms with Gasteiger partial charge >= 0.3 is 5.69 Å². The van der Waals surface area contributed by atoms with Crippen LogP contribution in [-0.4, -0.2) is 29.8 Å². The molecular formula is C26H32N6O. The third-order valence-corrected chi connectivity index (χ3v) is 6.22. The molecule has 0 bridgehead atoms. The van der Waals surface area contributed by atoms with Gasteiger partial charge in [-0.15, -0.1) is 5.10 Å². The van der Waals surface area contributed by atoms with E-state index in [1.54, 1.807) is 0 Å². The van der Waals surface area contributed by atoms with Crippen LogP contribution in [-0.2, 0) is 19.5 Å². The monoisotopic (exact) mass is 444 g/mol. The largest absolute Gasteiger partial charge is 0.328 e. The summed E-state index contributed by atoms with van der Waals surface area (Å²) in [6.07, 6.45) is 5.28. The van der Waals surface area contributed by atoms with E-state index in [2.05, 4.69) is 71.7 Å². The lowest BCUT2D eigenvalue weighted by atomic mass is 9.98. The SMILES string of the molecule is CCCCCn1c(C)c(CCC)n(Cc2ccc(-c3ccccc3-c3nnn[nH]3)cc2)c1=O. The van der Waals surface area contributed by atoms with Gasteiger partial charge in [-0.1, -0.05) is 81.6 Å². The zero-order chi connectivity index (χ0) is 23.2. The fourth-order valence-electron chi connectivity index (χ4n) is 4.44. The van der Waals surface area contributed by atoms with Crippen LogP contribution in [0, 0.1) is 6.92 Å². The molecule has 0 amide bonds. The van der Waals surface area contributed by atoms with Crippen LogP contribution in [0.4, 0.5) is 0 Å². The van der Waals surface area contributed by atoms with Crippen LogP contribution < -0.4 is 5.69 Å². The Labute approximate surface area is 194 Å². The van der Waals surface area contributed by atoms with E-state index in [4.69, 9.17) is 0 Å². The summed E-state index contributed by atoms with van der Waals surface area (Å²) in [5.41, 5.74) is 6.60. The highest BCUT2D eigenvalue weighted by Gasteiger charge is 2.16. The van der Waals surface area contributed by atoms with Gasteiger partial charge in [-0.3, -0.25) is 9.13 Å². The normalized spacial score (nSPS) is 11.2. The van der Waals surface area contributed by atoms with Gasteiger partial charge < -0.3 is 0 Å². The molecule has 2 aromatic carbocycles. The number of aromatic nitrogens is 6. The van der Waals surface area contributed by atoms with Crippen molar-refractivity contribution in [2.75, 3.05) is 0 Å². The molecule has 2 heterocycles. The highest BCUT2D eigenvalue weighted by molar-refractivity contribution is 5.80. The molecule has 4 rings (SSSR count). The highest BCUT2D eigenvalue weighted by atomic mass is 16.1. The highest BCUT2D eigenvalue weighted by Crippen LogP contribution is 2.29. The quantitative estimate of drug-likeness (QED) is 0.349. The number of unbranched alkanes of at least 4 members (excludes halogenated alkanes) is 2. The minimum absolute atomic E-state index is 0.110. The van der Waals surface area contributed by atoms with Crippen molar-refractivity contribution in [2.45, 2.75) is 66.0 Å². The maximum atomic E-state index is 13.3. The molecular weight excluding hydrogens is 412 g/mol. The molecule has 0 saturated heterocycles. The van der Waals surface area contributed by atoms with Crippen LogP contribution in [0.25, 0.3) is 22.5 Å². The summed E-state index contributed by atoms with van der Waals surface area (Å²) in [5.74, 6) is 0.644. The van der Waals surface area contributed by atoms with Crippen molar-refractivity contribution in [3.8, 4) is 22.5 Å². The second-order valence-electron chi connectivity index (χ2n) is 8.50. The van der Waals surface area contributed by atoms with E-state index in [1.807, 2.05) is 27.3 Å². The second kappa shape index (κ2) is 10.4. The molecule has 2 aromatic heterocycles. The average molecular weight is 445 g/mol. The molecule has 0 fully saturated rings. The molecule has 0 aliphatic carbocycles. The summed E-state index contributed by atoms with van der Waals surface area (Å²) in [6, 6.07) is 16.5. The summed E-state index contributed by atoms with van der Waals surface area (Å²) < 4.78 is 3.94. The number of H-pyrrole nitrogens is 1. The Bertz CT molecular complexity index is 1240. The van der Waals surface area contributed by atoms with E-state index in [0.717, 1.165) is 72.3 Å². The molecule has 0 radical (unpaired) electrons. The van der Waals surface area contributed by atoms with Crippen molar-refractivity contribution < 1.29 is 0 Å². The molecule has 0 saturated carbocycles. The summed E-state index contributed by atoms with van der Waals surface area (Å²) in [7, 11) is 0.